The van der Waals surface area contributed by atoms with E-state index < -0.39 is 0 Å². The topological polar surface area (TPSA) is 9.23 Å². The van der Waals surface area contributed by atoms with Gasteiger partial charge in [0, 0.05) is 0 Å². The molecule has 0 radical (unpaired) electrons. The fourth-order valence-electron chi connectivity index (χ4n) is 1.47. The van der Waals surface area contributed by atoms with E-state index in [2.05, 4.69) is 55.0 Å². The first-order chi connectivity index (χ1) is 6.46. The highest BCUT2D eigenvalue weighted by atomic mass is 16.5. The van der Waals surface area contributed by atoms with Crippen LogP contribution >= 0.6 is 0 Å². The predicted octanol–water partition coefficient (Wildman–Crippen LogP) is 4.43. The fraction of sp³-hybridized carbons (Fsp3) is 0.857. The molecule has 0 bridgehead atoms. The van der Waals surface area contributed by atoms with Gasteiger partial charge in [-0.25, -0.2) is 0 Å². The summed E-state index contributed by atoms with van der Waals surface area (Å²) in [6.07, 6.45) is 0.366. The Morgan fingerprint density at radius 3 is 1.60 bits per heavy atom. The molecule has 0 aromatic rings. The van der Waals surface area contributed by atoms with Crippen molar-refractivity contribution in [2.24, 2.45) is 10.8 Å². The Kier molecular flexibility index (Phi) is 4.60. The highest BCUT2D eigenvalue weighted by Gasteiger charge is 2.31. The van der Waals surface area contributed by atoms with Crippen molar-refractivity contribution in [3.63, 3.8) is 0 Å². The molecule has 2 unspecified atom stereocenters. The third-order valence-corrected chi connectivity index (χ3v) is 2.79. The first-order valence-corrected chi connectivity index (χ1v) is 5.77. The maximum Gasteiger partial charge on any atom is 0.0831 e. The maximum absolute atomic E-state index is 6.14. The van der Waals surface area contributed by atoms with Gasteiger partial charge in [0.15, 0.2) is 0 Å². The molecule has 1 nitrogen and oxygen atoms in total. The average molecular weight is 212 g/mol. The van der Waals surface area contributed by atoms with Gasteiger partial charge in [-0.1, -0.05) is 53.7 Å². The lowest BCUT2D eigenvalue weighted by atomic mass is 9.84. The van der Waals surface area contributed by atoms with Gasteiger partial charge in [0.1, 0.15) is 0 Å². The highest BCUT2D eigenvalue weighted by molar-refractivity contribution is 5.03. The van der Waals surface area contributed by atoms with Crippen molar-refractivity contribution in [1.82, 2.24) is 0 Å². The van der Waals surface area contributed by atoms with Crippen molar-refractivity contribution in [2.45, 2.75) is 67.6 Å². The molecule has 0 aromatic heterocycles. The number of ether oxygens (including phenoxy) is 1. The zero-order valence-corrected chi connectivity index (χ0v) is 11.8. The average Bonchev–Trinajstić information content (AvgIpc) is 1.94. The summed E-state index contributed by atoms with van der Waals surface area (Å²) in [6.45, 7) is 21.4. The van der Waals surface area contributed by atoms with Gasteiger partial charge < -0.3 is 4.74 Å². The summed E-state index contributed by atoms with van der Waals surface area (Å²) in [5.74, 6) is 0. The van der Waals surface area contributed by atoms with Crippen LogP contribution in [0.5, 0.6) is 0 Å². The Hall–Kier alpha value is -0.300. The molecule has 0 spiro atoms. The van der Waals surface area contributed by atoms with Gasteiger partial charge in [0.25, 0.3) is 0 Å². The summed E-state index contributed by atoms with van der Waals surface area (Å²) in [7, 11) is 0. The van der Waals surface area contributed by atoms with E-state index in [-0.39, 0.29) is 23.0 Å². The van der Waals surface area contributed by atoms with Crippen molar-refractivity contribution >= 4 is 0 Å². The van der Waals surface area contributed by atoms with Gasteiger partial charge in [0.05, 0.1) is 12.2 Å². The summed E-state index contributed by atoms with van der Waals surface area (Å²) in [5, 5.41) is 0. The van der Waals surface area contributed by atoms with Gasteiger partial charge >= 0.3 is 0 Å². The van der Waals surface area contributed by atoms with E-state index >= 15 is 0 Å². The second-order valence-electron chi connectivity index (χ2n) is 6.74. The minimum Gasteiger partial charge on any atom is -0.370 e. The van der Waals surface area contributed by atoms with Crippen molar-refractivity contribution in [2.75, 3.05) is 0 Å². The maximum atomic E-state index is 6.14. The second kappa shape index (κ2) is 4.69. The standard InChI is InChI=1S/C14H28O/c1-10(2)12(14(7,8)9)15-11(3)13(4,5)6/h11-12H,1H2,2-9H3. The minimum absolute atomic E-state index is 0.116. The number of hydrogen-bond acceptors (Lipinski definition) is 1. The van der Waals surface area contributed by atoms with Gasteiger partial charge in [0.2, 0.25) is 0 Å². The second-order valence-corrected chi connectivity index (χ2v) is 6.74. The van der Waals surface area contributed by atoms with Gasteiger partial charge in [-0.05, 0) is 24.7 Å². The van der Waals surface area contributed by atoms with Crippen LogP contribution in [0.4, 0.5) is 0 Å². The Labute approximate surface area is 95.9 Å². The van der Waals surface area contributed by atoms with Gasteiger partial charge in [-0.3, -0.25) is 0 Å². The molecule has 0 heterocycles. The van der Waals surface area contributed by atoms with Crippen LogP contribution in [0.1, 0.15) is 55.4 Å². The van der Waals surface area contributed by atoms with E-state index in [1.807, 2.05) is 6.92 Å². The van der Waals surface area contributed by atoms with E-state index in [1.165, 1.54) is 0 Å². The molecule has 1 heteroatoms. The first kappa shape index (κ1) is 14.7. The Balaban J connectivity index is 4.65. The molecule has 0 aliphatic rings. The zero-order chi connectivity index (χ0) is 12.4. The molecule has 0 aromatic carbocycles. The van der Waals surface area contributed by atoms with E-state index in [4.69, 9.17) is 4.74 Å². The lowest BCUT2D eigenvalue weighted by Gasteiger charge is -2.37. The molecule has 0 amide bonds. The summed E-state index contributed by atoms with van der Waals surface area (Å²) in [5.41, 5.74) is 1.41. The van der Waals surface area contributed by atoms with Crippen LogP contribution in [-0.4, -0.2) is 12.2 Å². The molecule has 0 rings (SSSR count). The SMILES string of the molecule is C=C(C)C(OC(C)C(C)(C)C)C(C)(C)C. The van der Waals surface area contributed by atoms with Crippen LogP contribution in [0.3, 0.4) is 0 Å². The normalized spacial score (nSPS) is 17.3. The molecule has 0 aliphatic heterocycles. The van der Waals surface area contributed by atoms with Crippen LogP contribution in [0.2, 0.25) is 0 Å². The third kappa shape index (κ3) is 4.83. The largest absolute Gasteiger partial charge is 0.370 e. The van der Waals surface area contributed by atoms with Crippen molar-refractivity contribution in [3.05, 3.63) is 12.2 Å². The summed E-state index contributed by atoms with van der Waals surface area (Å²) in [6, 6.07) is 0. The molecular formula is C14H28O. The van der Waals surface area contributed by atoms with Crippen LogP contribution in [0.25, 0.3) is 0 Å². The summed E-state index contributed by atoms with van der Waals surface area (Å²) >= 11 is 0. The minimum atomic E-state index is 0.116. The predicted molar refractivity (Wildman–Crippen MR) is 68.1 cm³/mol. The first-order valence-electron chi connectivity index (χ1n) is 5.77. The molecule has 0 saturated carbocycles. The van der Waals surface area contributed by atoms with Crippen molar-refractivity contribution < 1.29 is 4.74 Å². The number of hydrogen-bond donors (Lipinski definition) is 0. The van der Waals surface area contributed by atoms with Crippen LogP contribution < -0.4 is 0 Å². The van der Waals surface area contributed by atoms with Crippen molar-refractivity contribution in [3.8, 4) is 0 Å². The van der Waals surface area contributed by atoms with Gasteiger partial charge in [-0.15, -0.1) is 0 Å². The van der Waals surface area contributed by atoms with Gasteiger partial charge in [-0.2, -0.15) is 0 Å². The van der Waals surface area contributed by atoms with Crippen LogP contribution in [-0.2, 0) is 4.74 Å². The van der Waals surface area contributed by atoms with Crippen molar-refractivity contribution in [1.29, 1.82) is 0 Å². The summed E-state index contributed by atoms with van der Waals surface area (Å²) < 4.78 is 6.14. The highest BCUT2D eigenvalue weighted by Crippen LogP contribution is 2.32. The number of rotatable bonds is 3. The summed E-state index contributed by atoms with van der Waals surface area (Å²) in [4.78, 5) is 0. The van der Waals surface area contributed by atoms with Crippen LogP contribution in [0.15, 0.2) is 12.2 Å². The van der Waals surface area contributed by atoms with E-state index in [1.54, 1.807) is 0 Å². The molecule has 2 atom stereocenters. The van der Waals surface area contributed by atoms with E-state index in [0.717, 1.165) is 5.57 Å². The van der Waals surface area contributed by atoms with E-state index in [9.17, 15) is 0 Å². The molecule has 0 fully saturated rings. The quantitative estimate of drug-likeness (QED) is 0.629. The molecule has 0 saturated heterocycles. The molecular weight excluding hydrogens is 184 g/mol. The fourth-order valence-corrected chi connectivity index (χ4v) is 1.47. The Bertz CT molecular complexity index is 214. The third-order valence-electron chi connectivity index (χ3n) is 2.79. The molecule has 0 aliphatic carbocycles. The van der Waals surface area contributed by atoms with E-state index in [0.29, 0.717) is 0 Å². The molecule has 0 N–H and O–H groups in total. The lowest BCUT2D eigenvalue weighted by Crippen LogP contribution is -2.37. The monoisotopic (exact) mass is 212 g/mol. The van der Waals surface area contributed by atoms with Crippen LogP contribution in [0, 0.1) is 10.8 Å². The molecule has 90 valence electrons. The lowest BCUT2D eigenvalue weighted by molar-refractivity contribution is -0.0798. The molecule has 15 heavy (non-hydrogen) atoms. The zero-order valence-electron chi connectivity index (χ0n) is 11.8. The Morgan fingerprint density at radius 2 is 1.40 bits per heavy atom. The Morgan fingerprint density at radius 1 is 1.00 bits per heavy atom. The smallest absolute Gasteiger partial charge is 0.0831 e.